The Morgan fingerprint density at radius 3 is 2.70 bits per heavy atom. The second kappa shape index (κ2) is 5.68. The van der Waals surface area contributed by atoms with Gasteiger partial charge >= 0.3 is 0 Å². The van der Waals surface area contributed by atoms with Crippen LogP contribution < -0.4 is 0 Å². The minimum Gasteiger partial charge on any atom is -0.506 e. The number of hydrogen-bond donors (Lipinski definition) is 1. The van der Waals surface area contributed by atoms with Crippen LogP contribution in [0, 0.1) is 0 Å². The minimum atomic E-state index is 0.167. The van der Waals surface area contributed by atoms with Gasteiger partial charge in [-0.25, -0.2) is 0 Å². The average Bonchev–Trinajstić information content (AvgIpc) is 3.08. The first kappa shape index (κ1) is 13.2. The first-order valence-electron chi connectivity index (χ1n) is 6.11. The Balaban J connectivity index is 1.88. The van der Waals surface area contributed by atoms with E-state index in [1.54, 1.807) is 23.2 Å². The normalized spacial score (nSPS) is 10.8. The summed E-state index contributed by atoms with van der Waals surface area (Å²) in [4.78, 5) is 6.14. The van der Waals surface area contributed by atoms with E-state index in [1.807, 2.05) is 24.3 Å². The lowest BCUT2D eigenvalue weighted by Crippen LogP contribution is -1.81. The SMILES string of the molecule is CCSc1ccc(-c2noc(-c3sccc3O)n2)cc1. The zero-order valence-corrected chi connectivity index (χ0v) is 12.4. The molecule has 0 atom stereocenters. The summed E-state index contributed by atoms with van der Waals surface area (Å²) in [6, 6.07) is 9.65. The Morgan fingerprint density at radius 2 is 2.05 bits per heavy atom. The van der Waals surface area contributed by atoms with Crippen molar-refractivity contribution >= 4 is 23.1 Å². The van der Waals surface area contributed by atoms with Gasteiger partial charge in [0.15, 0.2) is 0 Å². The highest BCUT2D eigenvalue weighted by atomic mass is 32.2. The van der Waals surface area contributed by atoms with Gasteiger partial charge in [-0.2, -0.15) is 4.98 Å². The van der Waals surface area contributed by atoms with E-state index in [2.05, 4.69) is 17.1 Å². The molecular formula is C14H12N2O2S2. The standard InChI is InChI=1S/C14H12N2O2S2/c1-2-19-10-5-3-9(4-6-10)13-15-14(18-16-13)12-11(17)7-8-20-12/h3-8,17H,2H2,1H3. The molecule has 0 aliphatic heterocycles. The van der Waals surface area contributed by atoms with Crippen LogP contribution in [0.4, 0.5) is 0 Å². The van der Waals surface area contributed by atoms with Crippen LogP contribution in [0.1, 0.15) is 6.92 Å². The fourth-order valence-electron chi connectivity index (χ4n) is 1.76. The molecule has 0 aliphatic carbocycles. The van der Waals surface area contributed by atoms with Crippen LogP contribution in [0.3, 0.4) is 0 Å². The van der Waals surface area contributed by atoms with Crippen molar-refractivity contribution in [1.82, 2.24) is 10.1 Å². The number of rotatable bonds is 4. The molecule has 2 aromatic heterocycles. The van der Waals surface area contributed by atoms with Gasteiger partial charge in [-0.15, -0.1) is 23.1 Å². The van der Waals surface area contributed by atoms with Crippen LogP contribution >= 0.6 is 23.1 Å². The van der Waals surface area contributed by atoms with Gasteiger partial charge in [0.05, 0.1) is 0 Å². The topological polar surface area (TPSA) is 59.2 Å². The summed E-state index contributed by atoms with van der Waals surface area (Å²) in [6.45, 7) is 2.12. The zero-order chi connectivity index (χ0) is 13.9. The second-order valence-electron chi connectivity index (χ2n) is 4.02. The van der Waals surface area contributed by atoms with Crippen LogP contribution in [0.5, 0.6) is 5.75 Å². The van der Waals surface area contributed by atoms with Crippen LogP contribution in [0.25, 0.3) is 22.2 Å². The van der Waals surface area contributed by atoms with E-state index in [-0.39, 0.29) is 5.75 Å². The Hall–Kier alpha value is -1.79. The molecule has 0 saturated carbocycles. The first-order valence-corrected chi connectivity index (χ1v) is 7.98. The van der Waals surface area contributed by atoms with Gasteiger partial charge in [0.2, 0.25) is 5.82 Å². The van der Waals surface area contributed by atoms with Gasteiger partial charge in [0.25, 0.3) is 5.89 Å². The molecule has 4 nitrogen and oxygen atoms in total. The number of thioether (sulfide) groups is 1. The van der Waals surface area contributed by atoms with E-state index in [4.69, 9.17) is 4.52 Å². The Kier molecular flexibility index (Phi) is 3.75. The molecule has 6 heteroatoms. The summed E-state index contributed by atoms with van der Waals surface area (Å²) in [7, 11) is 0. The van der Waals surface area contributed by atoms with Crippen LogP contribution in [0.15, 0.2) is 45.1 Å². The smallest absolute Gasteiger partial charge is 0.272 e. The molecule has 102 valence electrons. The highest BCUT2D eigenvalue weighted by Crippen LogP contribution is 2.34. The number of nitrogens with zero attached hydrogens (tertiary/aromatic N) is 2. The van der Waals surface area contributed by atoms with Gasteiger partial charge in [0, 0.05) is 10.5 Å². The molecule has 0 unspecified atom stereocenters. The fourth-order valence-corrected chi connectivity index (χ4v) is 3.13. The Morgan fingerprint density at radius 1 is 1.25 bits per heavy atom. The molecule has 0 fully saturated rings. The van der Waals surface area contributed by atoms with Crippen molar-refractivity contribution in [2.24, 2.45) is 0 Å². The quantitative estimate of drug-likeness (QED) is 0.729. The largest absolute Gasteiger partial charge is 0.506 e. The van der Waals surface area contributed by atoms with Gasteiger partial charge in [-0.1, -0.05) is 12.1 Å². The zero-order valence-electron chi connectivity index (χ0n) is 10.7. The van der Waals surface area contributed by atoms with Crippen molar-refractivity contribution in [3.05, 3.63) is 35.7 Å². The molecule has 2 heterocycles. The van der Waals surface area contributed by atoms with Gasteiger partial charge in [-0.05, 0) is 41.5 Å². The molecular weight excluding hydrogens is 292 g/mol. The molecule has 0 saturated heterocycles. The monoisotopic (exact) mass is 304 g/mol. The average molecular weight is 304 g/mol. The van der Waals surface area contributed by atoms with E-state index in [0.29, 0.717) is 16.6 Å². The third-order valence-corrected chi connectivity index (χ3v) is 4.47. The van der Waals surface area contributed by atoms with E-state index in [9.17, 15) is 5.11 Å². The third kappa shape index (κ3) is 2.57. The molecule has 3 aromatic rings. The Labute approximate surface area is 124 Å². The molecule has 0 bridgehead atoms. The second-order valence-corrected chi connectivity index (χ2v) is 6.27. The van der Waals surface area contributed by atoms with Crippen molar-refractivity contribution in [3.63, 3.8) is 0 Å². The van der Waals surface area contributed by atoms with Crippen LogP contribution in [-0.4, -0.2) is 21.0 Å². The third-order valence-electron chi connectivity index (χ3n) is 2.69. The maximum Gasteiger partial charge on any atom is 0.272 e. The maximum absolute atomic E-state index is 9.66. The summed E-state index contributed by atoms with van der Waals surface area (Å²) >= 11 is 3.16. The lowest BCUT2D eigenvalue weighted by atomic mass is 10.2. The lowest BCUT2D eigenvalue weighted by Gasteiger charge is -1.98. The van der Waals surface area contributed by atoms with Crippen LogP contribution in [0.2, 0.25) is 0 Å². The number of thiophene rings is 1. The van der Waals surface area contributed by atoms with Crippen molar-refractivity contribution in [2.75, 3.05) is 5.75 Å². The molecule has 1 aromatic carbocycles. The number of hydrogen-bond acceptors (Lipinski definition) is 6. The van der Waals surface area contributed by atoms with Crippen molar-refractivity contribution in [2.45, 2.75) is 11.8 Å². The predicted octanol–water partition coefficient (Wildman–Crippen LogP) is 4.28. The van der Waals surface area contributed by atoms with Gasteiger partial charge in [0.1, 0.15) is 10.6 Å². The van der Waals surface area contributed by atoms with Crippen LogP contribution in [-0.2, 0) is 0 Å². The predicted molar refractivity (Wildman–Crippen MR) is 81.1 cm³/mol. The number of benzene rings is 1. The minimum absolute atomic E-state index is 0.167. The molecule has 0 amide bonds. The van der Waals surface area contributed by atoms with E-state index < -0.39 is 0 Å². The molecule has 0 radical (unpaired) electrons. The Bertz CT molecular complexity index is 704. The summed E-state index contributed by atoms with van der Waals surface area (Å²) < 4.78 is 5.21. The molecule has 1 N–H and O–H groups in total. The van der Waals surface area contributed by atoms with E-state index in [0.717, 1.165) is 11.3 Å². The van der Waals surface area contributed by atoms with E-state index >= 15 is 0 Å². The van der Waals surface area contributed by atoms with Crippen molar-refractivity contribution in [1.29, 1.82) is 0 Å². The number of aromatic hydroxyl groups is 1. The molecule has 20 heavy (non-hydrogen) atoms. The highest BCUT2D eigenvalue weighted by molar-refractivity contribution is 7.99. The first-order chi connectivity index (χ1) is 9.78. The summed E-state index contributed by atoms with van der Waals surface area (Å²) in [5.74, 6) is 2.09. The summed E-state index contributed by atoms with van der Waals surface area (Å²) in [6.07, 6.45) is 0. The maximum atomic E-state index is 9.66. The molecule has 0 aliphatic rings. The van der Waals surface area contributed by atoms with E-state index in [1.165, 1.54) is 16.2 Å². The van der Waals surface area contributed by atoms with Gasteiger partial charge in [-0.3, -0.25) is 0 Å². The van der Waals surface area contributed by atoms with Crippen molar-refractivity contribution in [3.8, 4) is 27.9 Å². The lowest BCUT2D eigenvalue weighted by molar-refractivity contribution is 0.427. The molecule has 0 spiro atoms. The van der Waals surface area contributed by atoms with Crippen molar-refractivity contribution < 1.29 is 9.63 Å². The highest BCUT2D eigenvalue weighted by Gasteiger charge is 2.15. The summed E-state index contributed by atoms with van der Waals surface area (Å²) in [5.41, 5.74) is 0.900. The summed E-state index contributed by atoms with van der Waals surface area (Å²) in [5, 5.41) is 15.4. The molecule has 3 rings (SSSR count). The van der Waals surface area contributed by atoms with Gasteiger partial charge < -0.3 is 9.63 Å². The number of aromatic nitrogens is 2. The fraction of sp³-hybridized carbons (Fsp3) is 0.143.